The van der Waals surface area contributed by atoms with Gasteiger partial charge in [0.15, 0.2) is 0 Å². The minimum absolute atomic E-state index is 0.0408. The van der Waals surface area contributed by atoms with Gasteiger partial charge in [-0.2, -0.15) is 31.4 Å². The third-order valence-electron chi connectivity index (χ3n) is 6.36. The Balaban J connectivity index is 1.63. The lowest BCUT2D eigenvalue weighted by Crippen LogP contribution is -2.38. The van der Waals surface area contributed by atoms with Gasteiger partial charge in [0.25, 0.3) is 0 Å². The molecule has 0 saturated carbocycles. The normalized spacial score (nSPS) is 17.7. The Bertz CT molecular complexity index is 1490. The number of nitrogens with zero attached hydrogens (tertiary/aromatic N) is 2. The van der Waals surface area contributed by atoms with Gasteiger partial charge >= 0.3 is 18.7 Å². The zero-order chi connectivity index (χ0) is 31.1. The molecule has 4 rings (SSSR count). The first-order valence-electron chi connectivity index (χ1n) is 11.9. The number of amides is 1. The Morgan fingerprint density at radius 2 is 1.55 bits per heavy atom. The van der Waals surface area contributed by atoms with Gasteiger partial charge < -0.3 is 10.1 Å². The van der Waals surface area contributed by atoms with Crippen LogP contribution in [0.25, 0.3) is 0 Å². The number of rotatable bonds is 6. The summed E-state index contributed by atoms with van der Waals surface area (Å²) in [5, 5.41) is 7.53. The quantitative estimate of drug-likeness (QED) is 0.284. The Morgan fingerprint density at radius 3 is 2.07 bits per heavy atom. The van der Waals surface area contributed by atoms with E-state index < -0.39 is 58.5 Å². The summed E-state index contributed by atoms with van der Waals surface area (Å²) in [6.45, 7) is 1.18. The van der Waals surface area contributed by atoms with Crippen LogP contribution in [0.15, 0.2) is 71.8 Å². The average Bonchev–Trinajstić information content (AvgIpc) is 3.19. The monoisotopic (exact) mass is 623 g/mol. The van der Waals surface area contributed by atoms with Crippen LogP contribution in [0, 0.1) is 0 Å². The molecule has 1 unspecified atom stereocenters. The fraction of sp³-hybridized carbons (Fsp3) is 0.259. The average molecular weight is 624 g/mol. The topological polar surface area (TPSA) is 53.9 Å². The summed E-state index contributed by atoms with van der Waals surface area (Å²) < 4.78 is 120. The number of alkyl halides is 9. The van der Waals surface area contributed by atoms with Gasteiger partial charge in [-0.25, -0.2) is 0 Å². The number of halogens is 10. The standard InChI is InChI=1S/C27H19ClF9N3O2/c1-24(16-5-9-19(10-6-16)42-27(35,36)37)14-40(13-22(41)38-18-7-3-17(4-8-18)25(29,30)31)39-23(24)15-2-11-20(21(28)12-15)26(32,33)34/h2-12H,13-14H2,1H3,(H,38,41). The molecule has 0 saturated heterocycles. The van der Waals surface area contributed by atoms with E-state index in [1.54, 1.807) is 6.92 Å². The summed E-state index contributed by atoms with van der Waals surface area (Å²) in [7, 11) is 0. The van der Waals surface area contributed by atoms with E-state index in [1.807, 2.05) is 0 Å². The first-order chi connectivity index (χ1) is 19.3. The highest BCUT2D eigenvalue weighted by atomic mass is 35.5. The largest absolute Gasteiger partial charge is 0.573 e. The summed E-state index contributed by atoms with van der Waals surface area (Å²) in [4.78, 5) is 12.7. The zero-order valence-electron chi connectivity index (χ0n) is 21.3. The van der Waals surface area contributed by atoms with E-state index in [1.165, 1.54) is 17.1 Å². The van der Waals surface area contributed by atoms with Crippen molar-refractivity contribution < 1.29 is 49.0 Å². The van der Waals surface area contributed by atoms with Crippen molar-refractivity contribution in [1.82, 2.24) is 5.01 Å². The molecule has 15 heteroatoms. The molecule has 42 heavy (non-hydrogen) atoms. The van der Waals surface area contributed by atoms with Crippen LogP contribution in [0.3, 0.4) is 0 Å². The van der Waals surface area contributed by atoms with Crippen LogP contribution in [0.2, 0.25) is 5.02 Å². The molecule has 1 N–H and O–H groups in total. The molecule has 1 heterocycles. The minimum Gasteiger partial charge on any atom is -0.406 e. The molecule has 3 aromatic carbocycles. The van der Waals surface area contributed by atoms with E-state index in [-0.39, 0.29) is 23.5 Å². The number of nitrogens with one attached hydrogen (secondary N) is 1. The lowest BCUT2D eigenvalue weighted by atomic mass is 9.76. The number of benzene rings is 3. The van der Waals surface area contributed by atoms with Crippen molar-refractivity contribution in [2.75, 3.05) is 18.4 Å². The van der Waals surface area contributed by atoms with Gasteiger partial charge in [-0.15, -0.1) is 13.2 Å². The maximum Gasteiger partial charge on any atom is 0.573 e. The summed E-state index contributed by atoms with van der Waals surface area (Å²) in [6, 6.07) is 11.4. The second-order valence-corrected chi connectivity index (χ2v) is 9.90. The molecular weight excluding hydrogens is 605 g/mol. The molecule has 0 spiro atoms. The smallest absolute Gasteiger partial charge is 0.406 e. The van der Waals surface area contributed by atoms with E-state index >= 15 is 0 Å². The van der Waals surface area contributed by atoms with Crippen molar-refractivity contribution in [2.45, 2.75) is 31.1 Å². The van der Waals surface area contributed by atoms with Crippen LogP contribution in [0.5, 0.6) is 5.75 Å². The van der Waals surface area contributed by atoms with E-state index in [0.717, 1.165) is 54.6 Å². The number of carbonyl (C=O) groups excluding carboxylic acids is 1. The molecule has 1 atom stereocenters. The number of anilines is 1. The predicted molar refractivity (Wildman–Crippen MR) is 135 cm³/mol. The first kappa shape index (κ1) is 31.0. The second-order valence-electron chi connectivity index (χ2n) is 9.49. The van der Waals surface area contributed by atoms with Crippen LogP contribution in [0.4, 0.5) is 45.2 Å². The van der Waals surface area contributed by atoms with Gasteiger partial charge in [0.1, 0.15) is 12.3 Å². The van der Waals surface area contributed by atoms with Gasteiger partial charge in [-0.1, -0.05) is 29.8 Å². The van der Waals surface area contributed by atoms with Crippen molar-refractivity contribution in [1.29, 1.82) is 0 Å². The molecule has 224 valence electrons. The zero-order valence-corrected chi connectivity index (χ0v) is 22.0. The first-order valence-corrected chi connectivity index (χ1v) is 12.3. The fourth-order valence-electron chi connectivity index (χ4n) is 4.45. The van der Waals surface area contributed by atoms with E-state index in [4.69, 9.17) is 11.6 Å². The van der Waals surface area contributed by atoms with Crippen LogP contribution in [-0.4, -0.2) is 36.1 Å². The van der Waals surface area contributed by atoms with Gasteiger partial charge in [0.05, 0.1) is 33.8 Å². The lowest BCUT2D eigenvalue weighted by molar-refractivity contribution is -0.274. The number of ether oxygens (including phenoxy) is 1. The van der Waals surface area contributed by atoms with Gasteiger partial charge in [-0.05, 0) is 61.0 Å². The van der Waals surface area contributed by atoms with Gasteiger partial charge in [-0.3, -0.25) is 9.80 Å². The van der Waals surface area contributed by atoms with E-state index in [0.29, 0.717) is 5.56 Å². The Hall–Kier alpha value is -3.94. The number of carbonyl (C=O) groups is 1. The molecule has 0 aromatic heterocycles. The Kier molecular flexibility index (Phi) is 8.15. The number of hydrogen-bond acceptors (Lipinski definition) is 4. The van der Waals surface area contributed by atoms with Crippen molar-refractivity contribution in [3.63, 3.8) is 0 Å². The predicted octanol–water partition coefficient (Wildman–Crippen LogP) is 7.89. The van der Waals surface area contributed by atoms with Gasteiger partial charge in [0, 0.05) is 11.3 Å². The third-order valence-corrected chi connectivity index (χ3v) is 6.67. The van der Waals surface area contributed by atoms with Crippen molar-refractivity contribution >= 4 is 28.9 Å². The van der Waals surface area contributed by atoms with Crippen molar-refractivity contribution in [3.8, 4) is 5.75 Å². The highest BCUT2D eigenvalue weighted by molar-refractivity contribution is 6.32. The maximum absolute atomic E-state index is 13.3. The highest BCUT2D eigenvalue weighted by Gasteiger charge is 2.42. The van der Waals surface area contributed by atoms with Crippen LogP contribution < -0.4 is 10.1 Å². The van der Waals surface area contributed by atoms with Crippen LogP contribution in [-0.2, 0) is 22.6 Å². The third kappa shape index (κ3) is 7.09. The molecule has 3 aromatic rings. The molecule has 1 aliphatic heterocycles. The maximum atomic E-state index is 13.3. The SMILES string of the molecule is CC1(c2ccc(OC(F)(F)F)cc2)CN(CC(=O)Nc2ccc(C(F)(F)F)cc2)N=C1c1ccc(C(F)(F)F)c(Cl)c1. The molecule has 0 bridgehead atoms. The molecule has 5 nitrogen and oxygen atoms in total. The molecule has 0 radical (unpaired) electrons. The van der Waals surface area contributed by atoms with Gasteiger partial charge in [0.2, 0.25) is 5.91 Å². The summed E-state index contributed by atoms with van der Waals surface area (Å²) in [6.07, 6.45) is -14.2. The minimum atomic E-state index is -4.93. The van der Waals surface area contributed by atoms with E-state index in [2.05, 4.69) is 15.2 Å². The second kappa shape index (κ2) is 11.0. The van der Waals surface area contributed by atoms with Crippen molar-refractivity contribution in [3.05, 3.63) is 94.0 Å². The Morgan fingerprint density at radius 1 is 0.929 bits per heavy atom. The molecule has 1 aliphatic rings. The van der Waals surface area contributed by atoms with E-state index in [9.17, 15) is 44.3 Å². The van der Waals surface area contributed by atoms with Crippen LogP contribution >= 0.6 is 11.6 Å². The van der Waals surface area contributed by atoms with Crippen molar-refractivity contribution in [2.24, 2.45) is 5.10 Å². The highest BCUT2D eigenvalue weighted by Crippen LogP contribution is 2.40. The summed E-state index contributed by atoms with van der Waals surface area (Å²) >= 11 is 5.92. The summed E-state index contributed by atoms with van der Waals surface area (Å²) in [5.41, 5.74) is -2.34. The lowest BCUT2D eigenvalue weighted by Gasteiger charge is -2.28. The molecule has 0 aliphatic carbocycles. The molecule has 0 fully saturated rings. The molecular formula is C27H19ClF9N3O2. The van der Waals surface area contributed by atoms with Crippen LogP contribution in [0.1, 0.15) is 29.2 Å². The molecule has 1 amide bonds. The number of hydrazone groups is 1. The Labute approximate surface area is 237 Å². The fourth-order valence-corrected chi connectivity index (χ4v) is 4.74. The number of hydrogen-bond donors (Lipinski definition) is 1. The summed E-state index contributed by atoms with van der Waals surface area (Å²) in [5.74, 6) is -1.17.